The second-order valence-electron chi connectivity index (χ2n) is 4.71. The van der Waals surface area contributed by atoms with Crippen molar-refractivity contribution in [2.75, 3.05) is 0 Å². The Hall–Kier alpha value is -2.35. The maximum Gasteiger partial charge on any atom is 0.491 e. The molecule has 1 aromatic heterocycles. The Morgan fingerprint density at radius 1 is 1.36 bits per heavy atom. The number of ether oxygens (including phenoxy) is 1. The van der Waals surface area contributed by atoms with Crippen molar-refractivity contribution in [3.63, 3.8) is 0 Å². The number of rotatable bonds is 4. The Labute approximate surface area is 124 Å². The van der Waals surface area contributed by atoms with Crippen LogP contribution >= 0.6 is 0 Å². The molecular weight excluding hydrogens is 299 g/mol. The number of imidazole rings is 1. The number of hydrogen-bond donors (Lipinski definition) is 1. The van der Waals surface area contributed by atoms with Gasteiger partial charge in [0.2, 0.25) is 0 Å². The fourth-order valence-corrected chi connectivity index (χ4v) is 1.88. The van der Waals surface area contributed by atoms with Crippen LogP contribution in [0.3, 0.4) is 0 Å². The molecule has 0 aliphatic rings. The summed E-state index contributed by atoms with van der Waals surface area (Å²) in [6.45, 7) is 1.85. The Morgan fingerprint density at radius 3 is 2.55 bits per heavy atom. The van der Waals surface area contributed by atoms with E-state index in [2.05, 4.69) is 9.72 Å². The van der Waals surface area contributed by atoms with Crippen LogP contribution in [0.25, 0.3) is 0 Å². The Balaban J connectivity index is 2.33. The van der Waals surface area contributed by atoms with Gasteiger partial charge in [-0.15, -0.1) is 0 Å². The molecule has 0 fully saturated rings. The summed E-state index contributed by atoms with van der Waals surface area (Å²) >= 11 is 0. The van der Waals surface area contributed by atoms with Crippen LogP contribution in [-0.2, 0) is 11.3 Å². The molecule has 0 amide bonds. The first kappa shape index (κ1) is 16.0. The normalized spacial score (nSPS) is 13.0. The molecule has 22 heavy (non-hydrogen) atoms. The van der Waals surface area contributed by atoms with Crippen molar-refractivity contribution < 1.29 is 22.7 Å². The van der Waals surface area contributed by atoms with Crippen molar-refractivity contribution in [3.8, 4) is 6.01 Å². The van der Waals surface area contributed by atoms with Crippen molar-refractivity contribution in [1.82, 2.24) is 9.55 Å². The molecule has 5 nitrogen and oxygen atoms in total. The smallest absolute Gasteiger partial charge is 0.385 e. The second-order valence-corrected chi connectivity index (χ2v) is 4.71. The van der Waals surface area contributed by atoms with E-state index in [9.17, 15) is 18.0 Å². The lowest BCUT2D eigenvalue weighted by Crippen LogP contribution is -2.29. The van der Waals surface area contributed by atoms with Gasteiger partial charge in [-0.25, -0.2) is 9.78 Å². The molecule has 0 aliphatic carbocycles. The zero-order valence-electron chi connectivity index (χ0n) is 11.7. The number of alkyl halides is 3. The predicted molar refractivity (Wildman–Crippen MR) is 72.1 cm³/mol. The van der Waals surface area contributed by atoms with Crippen LogP contribution in [-0.4, -0.2) is 21.7 Å². The van der Waals surface area contributed by atoms with Gasteiger partial charge in [0.1, 0.15) is 0 Å². The van der Waals surface area contributed by atoms with E-state index < -0.39 is 24.2 Å². The van der Waals surface area contributed by atoms with Crippen LogP contribution < -0.4 is 10.5 Å². The molecule has 0 spiro atoms. The Bertz CT molecular complexity index is 651. The number of benzene rings is 1. The molecule has 2 rings (SSSR count). The molecule has 1 atom stereocenters. The van der Waals surface area contributed by atoms with Gasteiger partial charge < -0.3 is 10.5 Å². The molecule has 0 saturated heterocycles. The first-order chi connectivity index (χ1) is 10.3. The number of hydrogen-bond acceptors (Lipinski definition) is 4. The molecule has 8 heteroatoms. The van der Waals surface area contributed by atoms with Crippen molar-refractivity contribution >= 4 is 5.97 Å². The molecule has 0 bridgehead atoms. The van der Waals surface area contributed by atoms with E-state index in [-0.39, 0.29) is 6.54 Å². The lowest BCUT2D eigenvalue weighted by molar-refractivity contribution is -0.190. The van der Waals surface area contributed by atoms with E-state index in [0.717, 1.165) is 5.56 Å². The van der Waals surface area contributed by atoms with Gasteiger partial charge in [-0.3, -0.25) is 4.57 Å². The van der Waals surface area contributed by atoms with Gasteiger partial charge in [-0.05, 0) is 12.5 Å². The highest BCUT2D eigenvalue weighted by atomic mass is 19.4. The molecule has 118 valence electrons. The summed E-state index contributed by atoms with van der Waals surface area (Å²) in [5, 5.41) is 0. The zero-order chi connectivity index (χ0) is 16.3. The largest absolute Gasteiger partial charge is 0.491 e. The first-order valence-electron chi connectivity index (χ1n) is 6.43. The first-order valence-corrected chi connectivity index (χ1v) is 6.43. The number of aromatic nitrogens is 2. The molecule has 0 saturated carbocycles. The minimum atomic E-state index is -5.09. The van der Waals surface area contributed by atoms with Crippen LogP contribution in [0.1, 0.15) is 24.2 Å². The number of carbonyl (C=O) groups excluding carboxylic acids is 1. The molecule has 1 unspecified atom stereocenters. The van der Waals surface area contributed by atoms with Crippen molar-refractivity contribution in [2.45, 2.75) is 25.7 Å². The SMILES string of the molecule is CC(N)c1cnc(OC(=O)C(F)(F)F)n1Cc1ccccc1. The third-order valence-electron chi connectivity index (χ3n) is 2.92. The van der Waals surface area contributed by atoms with E-state index in [0.29, 0.717) is 5.69 Å². The highest BCUT2D eigenvalue weighted by molar-refractivity contribution is 5.77. The molecular formula is C14H14F3N3O2. The summed E-state index contributed by atoms with van der Waals surface area (Å²) in [5.41, 5.74) is 7.05. The standard InChI is InChI=1S/C14H14F3N3O2/c1-9(18)11-7-19-13(22-12(21)14(15,16)17)20(11)8-10-5-3-2-4-6-10/h2-7,9H,8,18H2,1H3. The summed E-state index contributed by atoms with van der Waals surface area (Å²) in [6.07, 6.45) is -3.79. The average Bonchev–Trinajstić information content (AvgIpc) is 2.82. The molecule has 1 heterocycles. The fraction of sp³-hybridized carbons (Fsp3) is 0.286. The predicted octanol–water partition coefficient (Wildman–Crippen LogP) is 2.42. The van der Waals surface area contributed by atoms with Gasteiger partial charge in [0.15, 0.2) is 0 Å². The molecule has 0 aliphatic heterocycles. The number of nitrogens with two attached hydrogens (primary N) is 1. The minimum Gasteiger partial charge on any atom is -0.385 e. The molecule has 2 aromatic rings. The summed E-state index contributed by atoms with van der Waals surface area (Å²) in [7, 11) is 0. The van der Waals surface area contributed by atoms with Gasteiger partial charge >= 0.3 is 18.2 Å². The lowest BCUT2D eigenvalue weighted by Gasteiger charge is -2.14. The van der Waals surface area contributed by atoms with E-state index in [4.69, 9.17) is 5.73 Å². The minimum absolute atomic E-state index is 0.193. The average molecular weight is 313 g/mol. The lowest BCUT2D eigenvalue weighted by atomic mass is 10.2. The quantitative estimate of drug-likeness (QED) is 0.880. The summed E-state index contributed by atoms with van der Waals surface area (Å²) in [4.78, 5) is 14.7. The third kappa shape index (κ3) is 3.64. The van der Waals surface area contributed by atoms with Crippen LogP contribution in [0.15, 0.2) is 36.5 Å². The second kappa shape index (κ2) is 6.18. The van der Waals surface area contributed by atoms with Crippen molar-refractivity contribution in [2.24, 2.45) is 5.73 Å². The fourth-order valence-electron chi connectivity index (χ4n) is 1.88. The summed E-state index contributed by atoms with van der Waals surface area (Å²) in [5.74, 6) is -2.32. The number of carbonyl (C=O) groups is 1. The van der Waals surface area contributed by atoms with Gasteiger partial charge in [0, 0.05) is 6.04 Å². The van der Waals surface area contributed by atoms with Gasteiger partial charge in [0.25, 0.3) is 0 Å². The van der Waals surface area contributed by atoms with E-state index in [1.165, 1.54) is 10.8 Å². The number of esters is 1. The van der Waals surface area contributed by atoms with Gasteiger partial charge in [-0.1, -0.05) is 30.3 Å². The van der Waals surface area contributed by atoms with Crippen LogP contribution in [0.2, 0.25) is 0 Å². The van der Waals surface area contributed by atoms with Gasteiger partial charge in [0.05, 0.1) is 18.4 Å². The number of halogens is 3. The zero-order valence-corrected chi connectivity index (χ0v) is 11.7. The van der Waals surface area contributed by atoms with E-state index in [1.54, 1.807) is 31.2 Å². The van der Waals surface area contributed by atoms with Crippen molar-refractivity contribution in [3.05, 3.63) is 47.8 Å². The Morgan fingerprint density at radius 2 is 2.00 bits per heavy atom. The third-order valence-corrected chi connectivity index (χ3v) is 2.92. The van der Waals surface area contributed by atoms with E-state index in [1.807, 2.05) is 6.07 Å². The monoisotopic (exact) mass is 313 g/mol. The highest BCUT2D eigenvalue weighted by Gasteiger charge is 2.42. The molecule has 1 aromatic carbocycles. The maximum absolute atomic E-state index is 12.3. The highest BCUT2D eigenvalue weighted by Crippen LogP contribution is 2.23. The van der Waals surface area contributed by atoms with Crippen LogP contribution in [0.5, 0.6) is 6.01 Å². The Kier molecular flexibility index (Phi) is 4.51. The molecule has 0 radical (unpaired) electrons. The maximum atomic E-state index is 12.3. The summed E-state index contributed by atoms with van der Waals surface area (Å²) < 4.78 is 42.7. The van der Waals surface area contributed by atoms with Crippen LogP contribution in [0.4, 0.5) is 13.2 Å². The summed E-state index contributed by atoms with van der Waals surface area (Å²) in [6, 6.07) is 8.07. The van der Waals surface area contributed by atoms with Crippen LogP contribution in [0, 0.1) is 0 Å². The van der Waals surface area contributed by atoms with E-state index >= 15 is 0 Å². The molecule has 2 N–H and O–H groups in total. The topological polar surface area (TPSA) is 70.1 Å². The van der Waals surface area contributed by atoms with Crippen molar-refractivity contribution in [1.29, 1.82) is 0 Å². The van der Waals surface area contributed by atoms with Gasteiger partial charge in [-0.2, -0.15) is 13.2 Å². The number of nitrogens with zero attached hydrogens (tertiary/aromatic N) is 2.